The van der Waals surface area contributed by atoms with Crippen LogP contribution in [0.2, 0.25) is 0 Å². The number of hydrogen-bond acceptors (Lipinski definition) is 3. The zero-order valence-corrected chi connectivity index (χ0v) is 12.1. The smallest absolute Gasteiger partial charge is 0.319 e. The molecule has 0 aliphatic carbocycles. The molecule has 2 N–H and O–H groups in total. The van der Waals surface area contributed by atoms with Crippen LogP contribution in [0.25, 0.3) is 0 Å². The maximum atomic E-state index is 11.6. The van der Waals surface area contributed by atoms with Crippen LogP contribution in [-0.2, 0) is 16.0 Å². The maximum Gasteiger partial charge on any atom is 0.319 e. The van der Waals surface area contributed by atoms with Gasteiger partial charge < -0.3 is 20.3 Å². The average molecular weight is 279 g/mol. The van der Waals surface area contributed by atoms with Crippen LogP contribution in [0.1, 0.15) is 5.56 Å². The minimum Gasteiger partial charge on any atom is -0.383 e. The molecule has 3 amide bonds. The van der Waals surface area contributed by atoms with Crippen molar-refractivity contribution in [2.24, 2.45) is 0 Å². The SMILES string of the molecule is COCCNC(=O)Nc1ccc(CC(=O)N(C)C)cc1. The number of urea groups is 1. The van der Waals surface area contributed by atoms with Crippen molar-refractivity contribution >= 4 is 17.6 Å². The molecule has 0 spiro atoms. The number of carbonyl (C=O) groups excluding carboxylic acids is 2. The summed E-state index contributed by atoms with van der Waals surface area (Å²) in [6.07, 6.45) is 0.354. The molecule has 1 aromatic carbocycles. The minimum atomic E-state index is -0.279. The van der Waals surface area contributed by atoms with Crippen molar-refractivity contribution in [2.45, 2.75) is 6.42 Å². The molecule has 0 heterocycles. The van der Waals surface area contributed by atoms with E-state index in [1.165, 1.54) is 0 Å². The number of nitrogens with one attached hydrogen (secondary N) is 2. The lowest BCUT2D eigenvalue weighted by molar-refractivity contribution is -0.127. The van der Waals surface area contributed by atoms with E-state index in [1.54, 1.807) is 38.2 Å². The predicted octanol–water partition coefficient (Wildman–Crippen LogP) is 1.09. The summed E-state index contributed by atoms with van der Waals surface area (Å²) < 4.78 is 4.84. The summed E-state index contributed by atoms with van der Waals surface area (Å²) in [5.41, 5.74) is 1.59. The van der Waals surface area contributed by atoms with Crippen molar-refractivity contribution in [1.82, 2.24) is 10.2 Å². The Bertz CT molecular complexity index is 443. The van der Waals surface area contributed by atoms with E-state index in [-0.39, 0.29) is 11.9 Å². The Labute approximate surface area is 119 Å². The van der Waals surface area contributed by atoms with Crippen molar-refractivity contribution in [3.05, 3.63) is 29.8 Å². The number of likely N-dealkylation sites (N-methyl/N-ethyl adjacent to an activating group) is 1. The van der Waals surface area contributed by atoms with Gasteiger partial charge in [-0.1, -0.05) is 12.1 Å². The summed E-state index contributed by atoms with van der Waals surface area (Å²) in [4.78, 5) is 24.6. The van der Waals surface area contributed by atoms with Gasteiger partial charge >= 0.3 is 6.03 Å². The molecule has 0 radical (unpaired) electrons. The van der Waals surface area contributed by atoms with Crippen LogP contribution in [0.3, 0.4) is 0 Å². The third kappa shape index (κ3) is 5.71. The highest BCUT2D eigenvalue weighted by molar-refractivity contribution is 5.89. The van der Waals surface area contributed by atoms with Crippen LogP contribution in [0, 0.1) is 0 Å². The number of ether oxygens (including phenoxy) is 1. The van der Waals surface area contributed by atoms with E-state index < -0.39 is 0 Å². The lowest BCUT2D eigenvalue weighted by Gasteiger charge is -2.11. The monoisotopic (exact) mass is 279 g/mol. The number of amides is 3. The fourth-order valence-corrected chi connectivity index (χ4v) is 1.48. The molecule has 6 heteroatoms. The van der Waals surface area contributed by atoms with Crippen LogP contribution in [0.4, 0.5) is 10.5 Å². The highest BCUT2D eigenvalue weighted by Gasteiger charge is 2.06. The van der Waals surface area contributed by atoms with Crippen molar-refractivity contribution in [2.75, 3.05) is 39.7 Å². The normalized spacial score (nSPS) is 9.95. The Morgan fingerprint density at radius 1 is 1.20 bits per heavy atom. The largest absolute Gasteiger partial charge is 0.383 e. The minimum absolute atomic E-state index is 0.0445. The van der Waals surface area contributed by atoms with Gasteiger partial charge in [-0.05, 0) is 17.7 Å². The Hall–Kier alpha value is -2.08. The second-order valence-electron chi connectivity index (χ2n) is 4.54. The molecule has 0 saturated heterocycles. The van der Waals surface area contributed by atoms with Crippen LogP contribution >= 0.6 is 0 Å². The standard InChI is InChI=1S/C14H21N3O3/c1-17(2)13(18)10-11-4-6-12(7-5-11)16-14(19)15-8-9-20-3/h4-7H,8-10H2,1-3H3,(H2,15,16,19). The number of nitrogens with zero attached hydrogens (tertiary/aromatic N) is 1. The van der Waals surface area contributed by atoms with Crippen molar-refractivity contribution in [1.29, 1.82) is 0 Å². The molecule has 110 valence electrons. The fraction of sp³-hybridized carbons (Fsp3) is 0.429. The zero-order chi connectivity index (χ0) is 15.0. The number of methoxy groups -OCH3 is 1. The van der Waals surface area contributed by atoms with Gasteiger partial charge in [0.15, 0.2) is 0 Å². The van der Waals surface area contributed by atoms with Gasteiger partial charge in [0.05, 0.1) is 13.0 Å². The molecular weight excluding hydrogens is 258 g/mol. The number of anilines is 1. The molecule has 0 unspecified atom stereocenters. The molecule has 0 aliphatic rings. The second-order valence-corrected chi connectivity index (χ2v) is 4.54. The van der Waals surface area contributed by atoms with Gasteiger partial charge in [0.25, 0.3) is 0 Å². The summed E-state index contributed by atoms with van der Waals surface area (Å²) in [7, 11) is 5.03. The van der Waals surface area contributed by atoms with Gasteiger partial charge in [0.1, 0.15) is 0 Å². The van der Waals surface area contributed by atoms with E-state index in [0.717, 1.165) is 5.56 Å². The molecule has 0 fully saturated rings. The van der Waals surface area contributed by atoms with Crippen molar-refractivity contribution in [3.8, 4) is 0 Å². The lowest BCUT2D eigenvalue weighted by Crippen LogP contribution is -2.31. The molecule has 0 bridgehead atoms. The predicted molar refractivity (Wildman–Crippen MR) is 77.7 cm³/mol. The molecule has 0 aromatic heterocycles. The molecule has 0 saturated carbocycles. The lowest BCUT2D eigenvalue weighted by atomic mass is 10.1. The van der Waals surface area contributed by atoms with Gasteiger partial charge in [-0.15, -0.1) is 0 Å². The first-order valence-electron chi connectivity index (χ1n) is 6.36. The Morgan fingerprint density at radius 3 is 2.40 bits per heavy atom. The Kier molecular flexibility index (Phi) is 6.52. The molecule has 1 aromatic rings. The zero-order valence-electron chi connectivity index (χ0n) is 12.1. The summed E-state index contributed by atoms with van der Waals surface area (Å²) in [5.74, 6) is 0.0445. The number of hydrogen-bond donors (Lipinski definition) is 2. The Balaban J connectivity index is 2.46. The fourth-order valence-electron chi connectivity index (χ4n) is 1.48. The number of benzene rings is 1. The molecule has 0 atom stereocenters. The van der Waals surface area contributed by atoms with E-state index in [1.807, 2.05) is 12.1 Å². The van der Waals surface area contributed by atoms with E-state index in [2.05, 4.69) is 10.6 Å². The summed E-state index contributed by atoms with van der Waals surface area (Å²) in [5, 5.41) is 5.36. The number of carbonyl (C=O) groups is 2. The molecule has 6 nitrogen and oxygen atoms in total. The van der Waals surface area contributed by atoms with E-state index >= 15 is 0 Å². The second kappa shape index (κ2) is 8.16. The maximum absolute atomic E-state index is 11.6. The third-order valence-corrected chi connectivity index (χ3v) is 2.66. The number of rotatable bonds is 6. The van der Waals surface area contributed by atoms with Crippen molar-refractivity contribution in [3.63, 3.8) is 0 Å². The average Bonchev–Trinajstić information content (AvgIpc) is 2.41. The topological polar surface area (TPSA) is 70.7 Å². The summed E-state index contributed by atoms with van der Waals surface area (Å²) in [6, 6.07) is 6.92. The van der Waals surface area contributed by atoms with Gasteiger partial charge in [0.2, 0.25) is 5.91 Å². The first kappa shape index (κ1) is 16.0. The molecule has 1 rings (SSSR count). The van der Waals surface area contributed by atoms with E-state index in [4.69, 9.17) is 4.74 Å². The summed E-state index contributed by atoms with van der Waals surface area (Å²) in [6.45, 7) is 0.927. The van der Waals surface area contributed by atoms with Crippen molar-refractivity contribution < 1.29 is 14.3 Å². The Morgan fingerprint density at radius 2 is 1.85 bits per heavy atom. The third-order valence-electron chi connectivity index (χ3n) is 2.66. The first-order chi connectivity index (χ1) is 9.52. The van der Waals surface area contributed by atoms with Gasteiger partial charge in [-0.25, -0.2) is 4.79 Å². The van der Waals surface area contributed by atoms with Gasteiger partial charge in [-0.3, -0.25) is 4.79 Å². The van der Waals surface area contributed by atoms with E-state index in [9.17, 15) is 9.59 Å². The molecular formula is C14H21N3O3. The highest BCUT2D eigenvalue weighted by Crippen LogP contribution is 2.10. The van der Waals surface area contributed by atoms with Gasteiger partial charge in [-0.2, -0.15) is 0 Å². The van der Waals surface area contributed by atoms with Crippen LogP contribution < -0.4 is 10.6 Å². The molecule has 20 heavy (non-hydrogen) atoms. The van der Waals surface area contributed by atoms with Gasteiger partial charge in [0, 0.05) is 33.4 Å². The molecule has 0 aliphatic heterocycles. The first-order valence-corrected chi connectivity index (χ1v) is 6.36. The quantitative estimate of drug-likeness (QED) is 0.766. The van der Waals surface area contributed by atoms with E-state index in [0.29, 0.717) is 25.3 Å². The van der Waals surface area contributed by atoms with Crippen LogP contribution in [0.15, 0.2) is 24.3 Å². The van der Waals surface area contributed by atoms with Crippen LogP contribution in [0.5, 0.6) is 0 Å². The summed E-state index contributed by atoms with van der Waals surface area (Å²) >= 11 is 0. The van der Waals surface area contributed by atoms with Crippen LogP contribution in [-0.4, -0.2) is 51.2 Å². The highest BCUT2D eigenvalue weighted by atomic mass is 16.5.